The van der Waals surface area contributed by atoms with Gasteiger partial charge in [0.25, 0.3) is 0 Å². The molecule has 0 radical (unpaired) electrons. The van der Waals surface area contributed by atoms with Crippen molar-refractivity contribution in [2.24, 2.45) is 41.4 Å². The molecular weight excluding hydrogens is 170 g/mol. The molecule has 4 aliphatic carbocycles. The Morgan fingerprint density at radius 2 is 1.79 bits per heavy atom. The molecule has 0 amide bonds. The first kappa shape index (κ1) is 7.51. The second kappa shape index (κ2) is 2.24. The Labute approximate surface area is 84.8 Å². The SMILES string of the molecule is N#CC1C[C@H]2C[C@@H]1C1C3C=C[C@H](C3)C12. The summed E-state index contributed by atoms with van der Waals surface area (Å²) in [7, 11) is 0. The van der Waals surface area contributed by atoms with Crippen molar-refractivity contribution in [3.63, 3.8) is 0 Å². The van der Waals surface area contributed by atoms with Crippen LogP contribution in [0.4, 0.5) is 0 Å². The molecule has 4 rings (SSSR count). The van der Waals surface area contributed by atoms with Gasteiger partial charge in [-0.05, 0) is 54.8 Å². The van der Waals surface area contributed by atoms with Crippen LogP contribution < -0.4 is 0 Å². The van der Waals surface area contributed by atoms with Crippen LogP contribution in [-0.4, -0.2) is 0 Å². The molecule has 3 fully saturated rings. The fourth-order valence-electron chi connectivity index (χ4n) is 5.16. The Kier molecular flexibility index (Phi) is 1.20. The second-order valence-corrected chi connectivity index (χ2v) is 5.73. The fourth-order valence-corrected chi connectivity index (χ4v) is 5.16. The summed E-state index contributed by atoms with van der Waals surface area (Å²) < 4.78 is 0. The second-order valence-electron chi connectivity index (χ2n) is 5.73. The Hall–Kier alpha value is -0.770. The average Bonchev–Trinajstić information content (AvgIpc) is 2.94. The Balaban J connectivity index is 1.76. The molecule has 0 aromatic heterocycles. The number of nitriles is 1. The predicted molar refractivity (Wildman–Crippen MR) is 53.0 cm³/mol. The van der Waals surface area contributed by atoms with E-state index in [1.54, 1.807) is 0 Å². The van der Waals surface area contributed by atoms with E-state index in [-0.39, 0.29) is 0 Å². The molecule has 0 heterocycles. The molecule has 14 heavy (non-hydrogen) atoms. The van der Waals surface area contributed by atoms with Crippen molar-refractivity contribution in [1.82, 2.24) is 0 Å². The molecule has 0 spiro atoms. The van der Waals surface area contributed by atoms with Gasteiger partial charge in [0.1, 0.15) is 0 Å². The lowest BCUT2D eigenvalue weighted by Gasteiger charge is -2.34. The van der Waals surface area contributed by atoms with Crippen LogP contribution >= 0.6 is 0 Å². The maximum absolute atomic E-state index is 9.11. The van der Waals surface area contributed by atoms with Gasteiger partial charge in [-0.3, -0.25) is 0 Å². The normalized spacial score (nSPS) is 61.8. The van der Waals surface area contributed by atoms with Gasteiger partial charge in [0.05, 0.1) is 6.07 Å². The Bertz CT molecular complexity index is 351. The lowest BCUT2D eigenvalue weighted by Crippen LogP contribution is -2.30. The molecule has 1 heteroatoms. The molecule has 3 saturated carbocycles. The summed E-state index contributed by atoms with van der Waals surface area (Å²) in [6.07, 6.45) is 8.93. The summed E-state index contributed by atoms with van der Waals surface area (Å²) in [5, 5.41) is 9.11. The zero-order valence-electron chi connectivity index (χ0n) is 8.26. The number of hydrogen-bond acceptors (Lipinski definition) is 1. The zero-order valence-corrected chi connectivity index (χ0v) is 8.26. The topological polar surface area (TPSA) is 23.8 Å². The van der Waals surface area contributed by atoms with Gasteiger partial charge in [-0.25, -0.2) is 0 Å². The molecule has 7 atom stereocenters. The van der Waals surface area contributed by atoms with Crippen LogP contribution in [0, 0.1) is 52.8 Å². The van der Waals surface area contributed by atoms with Gasteiger partial charge in [0.2, 0.25) is 0 Å². The quantitative estimate of drug-likeness (QED) is 0.420. The molecule has 4 unspecified atom stereocenters. The van der Waals surface area contributed by atoms with E-state index in [4.69, 9.17) is 5.26 Å². The van der Waals surface area contributed by atoms with Crippen LogP contribution in [0.5, 0.6) is 0 Å². The molecule has 0 aromatic rings. The number of allylic oxidation sites excluding steroid dienone is 2. The van der Waals surface area contributed by atoms with Crippen molar-refractivity contribution in [3.8, 4) is 6.07 Å². The molecular formula is C13H15N. The highest BCUT2D eigenvalue weighted by Gasteiger charge is 2.60. The molecule has 4 aliphatic rings. The van der Waals surface area contributed by atoms with E-state index in [9.17, 15) is 0 Å². The van der Waals surface area contributed by atoms with Gasteiger partial charge >= 0.3 is 0 Å². The number of fused-ring (bicyclic) bond motifs is 9. The van der Waals surface area contributed by atoms with Gasteiger partial charge < -0.3 is 0 Å². The van der Waals surface area contributed by atoms with Crippen molar-refractivity contribution < 1.29 is 0 Å². The molecule has 4 bridgehead atoms. The summed E-state index contributed by atoms with van der Waals surface area (Å²) in [4.78, 5) is 0. The van der Waals surface area contributed by atoms with Gasteiger partial charge in [0.15, 0.2) is 0 Å². The highest BCUT2D eigenvalue weighted by atomic mass is 14.6. The van der Waals surface area contributed by atoms with Gasteiger partial charge in [0, 0.05) is 5.92 Å². The largest absolute Gasteiger partial charge is 0.198 e. The maximum atomic E-state index is 9.11. The third-order valence-electron chi connectivity index (χ3n) is 5.44. The van der Waals surface area contributed by atoms with Crippen molar-refractivity contribution in [2.75, 3.05) is 0 Å². The molecule has 0 aliphatic heterocycles. The summed E-state index contributed by atoms with van der Waals surface area (Å²) >= 11 is 0. The molecule has 0 saturated heterocycles. The minimum absolute atomic E-state index is 0.411. The molecule has 0 N–H and O–H groups in total. The first-order valence-corrected chi connectivity index (χ1v) is 5.96. The maximum Gasteiger partial charge on any atom is 0.0658 e. The highest BCUT2D eigenvalue weighted by molar-refractivity contribution is 5.22. The standard InChI is InChI=1S/C13H15N/c14-6-10-4-9-5-11(10)13-8-2-1-7(3-8)12(9)13/h1-2,7-13H,3-5H2/t7-,8?,9+,10?,11+,12?,13?/m1/s1. The van der Waals surface area contributed by atoms with Crippen LogP contribution in [-0.2, 0) is 0 Å². The van der Waals surface area contributed by atoms with E-state index < -0.39 is 0 Å². The summed E-state index contributed by atoms with van der Waals surface area (Å²) in [5.74, 6) is 5.75. The van der Waals surface area contributed by atoms with E-state index in [0.29, 0.717) is 5.92 Å². The van der Waals surface area contributed by atoms with Crippen LogP contribution in [0.3, 0.4) is 0 Å². The highest BCUT2D eigenvalue weighted by Crippen LogP contribution is 2.66. The zero-order chi connectivity index (χ0) is 9.28. The van der Waals surface area contributed by atoms with Gasteiger partial charge in [-0.15, -0.1) is 0 Å². The number of rotatable bonds is 0. The fraction of sp³-hybridized carbons (Fsp3) is 0.769. The minimum Gasteiger partial charge on any atom is -0.198 e. The molecule has 0 aromatic carbocycles. The summed E-state index contributed by atoms with van der Waals surface area (Å²) in [6, 6.07) is 2.54. The molecule has 72 valence electrons. The number of nitrogens with zero attached hydrogens (tertiary/aromatic N) is 1. The minimum atomic E-state index is 0.411. The van der Waals surface area contributed by atoms with Crippen molar-refractivity contribution >= 4 is 0 Å². The monoisotopic (exact) mass is 185 g/mol. The predicted octanol–water partition coefficient (Wildman–Crippen LogP) is 2.60. The van der Waals surface area contributed by atoms with Crippen molar-refractivity contribution in [1.29, 1.82) is 5.26 Å². The van der Waals surface area contributed by atoms with E-state index in [1.165, 1.54) is 19.3 Å². The average molecular weight is 185 g/mol. The summed E-state index contributed by atoms with van der Waals surface area (Å²) in [5.41, 5.74) is 0. The number of hydrogen-bond donors (Lipinski definition) is 0. The van der Waals surface area contributed by atoms with E-state index in [1.807, 2.05) is 0 Å². The van der Waals surface area contributed by atoms with E-state index in [0.717, 1.165) is 35.5 Å². The van der Waals surface area contributed by atoms with E-state index >= 15 is 0 Å². The van der Waals surface area contributed by atoms with Gasteiger partial charge in [-0.2, -0.15) is 5.26 Å². The van der Waals surface area contributed by atoms with Gasteiger partial charge in [-0.1, -0.05) is 12.2 Å². The third-order valence-corrected chi connectivity index (χ3v) is 5.44. The van der Waals surface area contributed by atoms with Crippen LogP contribution in [0.1, 0.15) is 19.3 Å². The molecule has 1 nitrogen and oxygen atoms in total. The van der Waals surface area contributed by atoms with Crippen molar-refractivity contribution in [2.45, 2.75) is 19.3 Å². The van der Waals surface area contributed by atoms with Crippen LogP contribution in [0.2, 0.25) is 0 Å². The van der Waals surface area contributed by atoms with E-state index in [2.05, 4.69) is 18.2 Å². The lowest BCUT2D eigenvalue weighted by molar-refractivity contribution is 0.176. The Morgan fingerprint density at radius 1 is 1.00 bits per heavy atom. The van der Waals surface area contributed by atoms with Crippen molar-refractivity contribution in [3.05, 3.63) is 12.2 Å². The smallest absolute Gasteiger partial charge is 0.0658 e. The Morgan fingerprint density at radius 3 is 2.57 bits per heavy atom. The summed E-state index contributed by atoms with van der Waals surface area (Å²) in [6.45, 7) is 0. The van der Waals surface area contributed by atoms with Crippen LogP contribution in [0.15, 0.2) is 12.2 Å². The third kappa shape index (κ3) is 0.659. The first-order chi connectivity index (χ1) is 6.88. The first-order valence-electron chi connectivity index (χ1n) is 5.96. The lowest BCUT2D eigenvalue weighted by atomic mass is 9.70. The van der Waals surface area contributed by atoms with Crippen LogP contribution in [0.25, 0.3) is 0 Å².